The highest BCUT2D eigenvalue weighted by molar-refractivity contribution is 5.71. The molecule has 32 heavy (non-hydrogen) atoms. The van der Waals surface area contributed by atoms with Crippen molar-refractivity contribution in [2.45, 2.75) is 25.9 Å². The molecule has 4 nitrogen and oxygen atoms in total. The lowest BCUT2D eigenvalue weighted by Crippen LogP contribution is -2.07. The van der Waals surface area contributed by atoms with E-state index >= 15 is 0 Å². The number of hydrogen-bond acceptors (Lipinski definition) is 3. The monoisotopic (exact) mass is 431 g/mol. The molecule has 0 unspecified atom stereocenters. The number of nitrogens with one attached hydrogen (secondary N) is 1. The third kappa shape index (κ3) is 4.08. The van der Waals surface area contributed by atoms with E-state index in [0.29, 0.717) is 17.9 Å². The molecule has 0 spiro atoms. The Balaban J connectivity index is 1.47. The third-order valence-electron chi connectivity index (χ3n) is 5.65. The fraction of sp³-hybridized carbons (Fsp3) is 0.192. The van der Waals surface area contributed by atoms with E-state index in [0.717, 1.165) is 60.3 Å². The number of ether oxygens (including phenoxy) is 1. The Bertz CT molecular complexity index is 1220. The van der Waals surface area contributed by atoms with Gasteiger partial charge in [0, 0.05) is 23.7 Å². The van der Waals surface area contributed by atoms with Crippen LogP contribution in [-0.4, -0.2) is 16.3 Å². The average Bonchev–Trinajstić information content (AvgIpc) is 2.99. The van der Waals surface area contributed by atoms with Crippen molar-refractivity contribution in [2.24, 2.45) is 0 Å². The van der Waals surface area contributed by atoms with Gasteiger partial charge in [-0.15, -0.1) is 0 Å². The maximum absolute atomic E-state index is 14.6. The van der Waals surface area contributed by atoms with Gasteiger partial charge in [0.05, 0.1) is 5.69 Å². The highest BCUT2D eigenvalue weighted by Gasteiger charge is 2.23. The lowest BCUT2D eigenvalue weighted by molar-refractivity contribution is 0.306. The Kier molecular flexibility index (Phi) is 5.58. The fourth-order valence-corrected chi connectivity index (χ4v) is 4.01. The molecule has 4 aromatic rings. The molecule has 1 aliphatic heterocycles. The van der Waals surface area contributed by atoms with Gasteiger partial charge in [-0.3, -0.25) is 0 Å². The number of aromatic nitrogens is 2. The topological polar surface area (TPSA) is 39.1 Å². The highest BCUT2D eigenvalue weighted by Crippen LogP contribution is 2.35. The lowest BCUT2D eigenvalue weighted by atomic mass is 10.0. The van der Waals surface area contributed by atoms with Crippen LogP contribution in [0, 0.1) is 11.6 Å². The molecule has 0 amide bonds. The Morgan fingerprint density at radius 1 is 0.938 bits per heavy atom. The SMILES string of the molecule is Fc1ccc(-c2nn(-c3ccc(OCc4ccccc4)cc3)c3c2CCCCN3)c(F)c1. The summed E-state index contributed by atoms with van der Waals surface area (Å²) in [5, 5.41) is 8.19. The molecule has 0 saturated heterocycles. The smallest absolute Gasteiger partial charge is 0.135 e. The van der Waals surface area contributed by atoms with Crippen LogP contribution in [0.15, 0.2) is 72.8 Å². The largest absolute Gasteiger partial charge is 0.489 e. The van der Waals surface area contributed by atoms with Crippen LogP contribution in [0.4, 0.5) is 14.6 Å². The van der Waals surface area contributed by atoms with Gasteiger partial charge < -0.3 is 10.1 Å². The average molecular weight is 431 g/mol. The lowest BCUT2D eigenvalue weighted by Gasteiger charge is -2.11. The fourth-order valence-electron chi connectivity index (χ4n) is 4.01. The summed E-state index contributed by atoms with van der Waals surface area (Å²) in [6.07, 6.45) is 2.78. The van der Waals surface area contributed by atoms with E-state index in [-0.39, 0.29) is 0 Å². The van der Waals surface area contributed by atoms with Crippen LogP contribution >= 0.6 is 0 Å². The normalized spacial score (nSPS) is 13.2. The molecule has 2 heterocycles. The van der Waals surface area contributed by atoms with E-state index in [4.69, 9.17) is 9.84 Å². The molecule has 1 aromatic heterocycles. The maximum Gasteiger partial charge on any atom is 0.135 e. The first-order valence-electron chi connectivity index (χ1n) is 10.8. The zero-order valence-electron chi connectivity index (χ0n) is 17.5. The second-order valence-electron chi connectivity index (χ2n) is 7.86. The van der Waals surface area contributed by atoms with Crippen molar-refractivity contribution >= 4 is 5.82 Å². The molecule has 0 atom stereocenters. The van der Waals surface area contributed by atoms with E-state index in [1.54, 1.807) is 4.68 Å². The van der Waals surface area contributed by atoms with Crippen molar-refractivity contribution < 1.29 is 13.5 Å². The summed E-state index contributed by atoms with van der Waals surface area (Å²) < 4.78 is 35.7. The number of anilines is 1. The molecule has 1 aliphatic rings. The number of fused-ring (bicyclic) bond motifs is 1. The minimum absolute atomic E-state index is 0.313. The summed E-state index contributed by atoms with van der Waals surface area (Å²) in [4.78, 5) is 0. The minimum Gasteiger partial charge on any atom is -0.489 e. The molecule has 0 fully saturated rings. The molecule has 6 heteroatoms. The molecular weight excluding hydrogens is 408 g/mol. The highest BCUT2D eigenvalue weighted by atomic mass is 19.1. The number of halogens is 2. The summed E-state index contributed by atoms with van der Waals surface area (Å²) >= 11 is 0. The van der Waals surface area contributed by atoms with Gasteiger partial charge >= 0.3 is 0 Å². The van der Waals surface area contributed by atoms with Crippen molar-refractivity contribution in [3.63, 3.8) is 0 Å². The summed E-state index contributed by atoms with van der Waals surface area (Å²) in [5.74, 6) is 0.417. The zero-order valence-corrected chi connectivity index (χ0v) is 17.5. The van der Waals surface area contributed by atoms with Gasteiger partial charge in [-0.05, 0) is 61.2 Å². The molecular formula is C26H23F2N3O. The van der Waals surface area contributed by atoms with Crippen LogP contribution in [0.3, 0.4) is 0 Å². The van der Waals surface area contributed by atoms with Crippen molar-refractivity contribution in [2.75, 3.05) is 11.9 Å². The third-order valence-corrected chi connectivity index (χ3v) is 5.65. The van der Waals surface area contributed by atoms with Gasteiger partial charge in [0.15, 0.2) is 0 Å². The van der Waals surface area contributed by atoms with E-state index in [9.17, 15) is 8.78 Å². The van der Waals surface area contributed by atoms with Crippen LogP contribution in [0.25, 0.3) is 16.9 Å². The van der Waals surface area contributed by atoms with E-state index in [1.165, 1.54) is 12.1 Å². The first kappa shape index (κ1) is 20.2. The molecule has 0 radical (unpaired) electrons. The predicted molar refractivity (Wildman–Crippen MR) is 121 cm³/mol. The van der Waals surface area contributed by atoms with Crippen LogP contribution in [0.2, 0.25) is 0 Å². The Labute approximate surface area is 185 Å². The first-order chi connectivity index (χ1) is 15.7. The van der Waals surface area contributed by atoms with Gasteiger partial charge in [0.1, 0.15) is 35.5 Å². The summed E-state index contributed by atoms with van der Waals surface area (Å²) in [7, 11) is 0. The van der Waals surface area contributed by atoms with Crippen molar-refractivity contribution in [1.29, 1.82) is 0 Å². The van der Waals surface area contributed by atoms with Gasteiger partial charge in [-0.25, -0.2) is 13.5 Å². The molecule has 162 valence electrons. The van der Waals surface area contributed by atoms with Crippen LogP contribution in [0.1, 0.15) is 24.0 Å². The first-order valence-corrected chi connectivity index (χ1v) is 10.8. The van der Waals surface area contributed by atoms with E-state index in [2.05, 4.69) is 5.32 Å². The van der Waals surface area contributed by atoms with Crippen LogP contribution < -0.4 is 10.1 Å². The molecule has 5 rings (SSSR count). The van der Waals surface area contributed by atoms with Crippen molar-refractivity contribution in [3.05, 3.63) is 95.6 Å². The van der Waals surface area contributed by atoms with Gasteiger partial charge in [-0.2, -0.15) is 5.10 Å². The quantitative estimate of drug-likeness (QED) is 0.412. The molecule has 0 saturated carbocycles. The summed E-state index contributed by atoms with van der Waals surface area (Å²) in [5.41, 5.74) is 3.77. The molecule has 3 aromatic carbocycles. The van der Waals surface area contributed by atoms with Crippen molar-refractivity contribution in [1.82, 2.24) is 9.78 Å². The number of hydrogen-bond donors (Lipinski definition) is 1. The van der Waals surface area contributed by atoms with Gasteiger partial charge in [0.2, 0.25) is 0 Å². The van der Waals surface area contributed by atoms with E-state index < -0.39 is 11.6 Å². The number of benzene rings is 3. The van der Waals surface area contributed by atoms with Gasteiger partial charge in [0.25, 0.3) is 0 Å². The van der Waals surface area contributed by atoms with Crippen molar-refractivity contribution in [3.8, 4) is 22.7 Å². The molecule has 1 N–H and O–H groups in total. The maximum atomic E-state index is 14.6. The Morgan fingerprint density at radius 2 is 1.75 bits per heavy atom. The number of rotatable bonds is 5. The molecule has 0 aliphatic carbocycles. The Hall–Kier alpha value is -3.67. The second-order valence-corrected chi connectivity index (χ2v) is 7.86. The van der Waals surface area contributed by atoms with Crippen LogP contribution in [-0.2, 0) is 13.0 Å². The predicted octanol–water partition coefficient (Wildman–Crippen LogP) is 6.14. The summed E-state index contributed by atoms with van der Waals surface area (Å²) in [6.45, 7) is 1.31. The minimum atomic E-state index is -0.605. The Morgan fingerprint density at radius 3 is 2.53 bits per heavy atom. The summed E-state index contributed by atoms with van der Waals surface area (Å²) in [6, 6.07) is 21.3. The standard InChI is InChI=1S/C26H23F2N3O/c27-19-9-14-22(24(28)16-19)25-23-8-4-5-15-29-26(23)31(30-25)20-10-12-21(13-11-20)32-17-18-6-2-1-3-7-18/h1-3,6-7,9-14,16,29H,4-5,8,15,17H2. The van der Waals surface area contributed by atoms with Crippen LogP contribution in [0.5, 0.6) is 5.75 Å². The zero-order chi connectivity index (χ0) is 21.9. The molecule has 0 bridgehead atoms. The van der Waals surface area contributed by atoms with Gasteiger partial charge in [-0.1, -0.05) is 30.3 Å². The second kappa shape index (κ2) is 8.83. The number of nitrogens with zero attached hydrogens (tertiary/aromatic N) is 2. The van der Waals surface area contributed by atoms with E-state index in [1.807, 2.05) is 54.6 Å².